The largest absolute Gasteiger partial charge is 0.358 e. The molecule has 0 bridgehead atoms. The molecule has 0 aromatic rings. The minimum Gasteiger partial charge on any atom is -0.358 e. The zero-order valence-electron chi connectivity index (χ0n) is 11.2. The number of hydrogen-bond donors (Lipinski definition) is 2. The third-order valence-corrected chi connectivity index (χ3v) is 2.69. The van der Waals surface area contributed by atoms with E-state index in [1.807, 2.05) is 13.8 Å². The minimum absolute atomic E-state index is 0.000185. The third kappa shape index (κ3) is 5.68. The van der Waals surface area contributed by atoms with Crippen LogP contribution in [0.15, 0.2) is 0 Å². The van der Waals surface area contributed by atoms with Gasteiger partial charge in [0, 0.05) is 20.1 Å². The number of nitrogens with two attached hydrogens (primary N) is 1. The fourth-order valence-corrected chi connectivity index (χ4v) is 1.74. The number of amides is 2. The Kier molecular flexibility index (Phi) is 8.40. The molecule has 2 amide bonds. The van der Waals surface area contributed by atoms with E-state index in [-0.39, 0.29) is 24.3 Å². The van der Waals surface area contributed by atoms with Gasteiger partial charge in [-0.15, -0.1) is 0 Å². The molecular weight excluding hydrogens is 218 g/mol. The normalized spacial score (nSPS) is 12.0. The van der Waals surface area contributed by atoms with Gasteiger partial charge in [-0.25, -0.2) is 0 Å². The second-order valence-electron chi connectivity index (χ2n) is 4.15. The molecule has 0 saturated carbocycles. The number of nitrogens with zero attached hydrogens (tertiary/aromatic N) is 1. The summed E-state index contributed by atoms with van der Waals surface area (Å²) < 4.78 is 0. The molecule has 0 radical (unpaired) electrons. The van der Waals surface area contributed by atoms with Gasteiger partial charge in [-0.2, -0.15) is 0 Å². The molecule has 3 N–H and O–H groups in total. The molecule has 0 saturated heterocycles. The molecule has 17 heavy (non-hydrogen) atoms. The first kappa shape index (κ1) is 15.9. The van der Waals surface area contributed by atoms with Crippen molar-refractivity contribution in [3.63, 3.8) is 0 Å². The summed E-state index contributed by atoms with van der Waals surface area (Å²) in [4.78, 5) is 25.1. The molecular formula is C12H25N3O2. The van der Waals surface area contributed by atoms with Gasteiger partial charge < -0.3 is 16.0 Å². The van der Waals surface area contributed by atoms with Gasteiger partial charge in [0.2, 0.25) is 11.8 Å². The van der Waals surface area contributed by atoms with Gasteiger partial charge in [-0.05, 0) is 12.8 Å². The fraction of sp³-hybridized carbons (Fsp3) is 0.833. The van der Waals surface area contributed by atoms with Crippen molar-refractivity contribution in [2.45, 2.75) is 33.1 Å². The Labute approximate surface area is 104 Å². The number of likely N-dealkylation sites (N-methyl/N-ethyl adjacent to an activating group) is 1. The highest BCUT2D eigenvalue weighted by Gasteiger charge is 2.23. The van der Waals surface area contributed by atoms with Crippen molar-refractivity contribution in [2.75, 3.05) is 26.7 Å². The molecule has 0 spiro atoms. The van der Waals surface area contributed by atoms with Crippen molar-refractivity contribution in [1.82, 2.24) is 10.2 Å². The predicted octanol–water partition coefficient (Wildman–Crippen LogP) is 0.346. The Balaban J connectivity index is 4.55. The summed E-state index contributed by atoms with van der Waals surface area (Å²) in [6, 6.07) is 0. The Morgan fingerprint density at radius 2 is 1.94 bits per heavy atom. The zero-order chi connectivity index (χ0) is 13.3. The van der Waals surface area contributed by atoms with Crippen LogP contribution in [-0.2, 0) is 9.59 Å². The molecule has 0 aliphatic rings. The first-order valence-electron chi connectivity index (χ1n) is 6.30. The smallest absolute Gasteiger partial charge is 0.239 e. The standard InChI is InChI=1S/C12H25N3O2/c1-4-6-10(8-13)12(17)15(7-5-2)9-11(16)14-3/h10H,4-9,13H2,1-3H3,(H,14,16). The number of carbonyl (C=O) groups is 2. The van der Waals surface area contributed by atoms with E-state index in [0.29, 0.717) is 13.1 Å². The van der Waals surface area contributed by atoms with Gasteiger partial charge in [0.25, 0.3) is 0 Å². The first-order valence-corrected chi connectivity index (χ1v) is 6.30. The second kappa shape index (κ2) is 8.98. The summed E-state index contributed by atoms with van der Waals surface area (Å²) >= 11 is 0. The molecule has 1 atom stereocenters. The van der Waals surface area contributed by atoms with E-state index >= 15 is 0 Å². The van der Waals surface area contributed by atoms with Crippen LogP contribution in [0, 0.1) is 5.92 Å². The molecule has 0 rings (SSSR count). The molecule has 100 valence electrons. The van der Waals surface area contributed by atoms with E-state index in [2.05, 4.69) is 5.32 Å². The van der Waals surface area contributed by atoms with E-state index in [1.165, 1.54) is 0 Å². The summed E-state index contributed by atoms with van der Waals surface area (Å²) in [5, 5.41) is 2.53. The second-order valence-corrected chi connectivity index (χ2v) is 4.15. The molecule has 1 unspecified atom stereocenters. The highest BCUT2D eigenvalue weighted by Crippen LogP contribution is 2.09. The molecule has 5 heteroatoms. The maximum absolute atomic E-state index is 12.2. The van der Waals surface area contributed by atoms with Gasteiger partial charge in [0.15, 0.2) is 0 Å². The average Bonchev–Trinajstić information content (AvgIpc) is 2.34. The topological polar surface area (TPSA) is 75.4 Å². The SMILES string of the molecule is CCCC(CN)C(=O)N(CCC)CC(=O)NC. The van der Waals surface area contributed by atoms with Crippen LogP contribution in [0.25, 0.3) is 0 Å². The monoisotopic (exact) mass is 243 g/mol. The lowest BCUT2D eigenvalue weighted by Crippen LogP contribution is -2.44. The molecule has 0 aliphatic heterocycles. The Hall–Kier alpha value is -1.10. The third-order valence-electron chi connectivity index (χ3n) is 2.69. The number of carbonyl (C=O) groups excluding carboxylic acids is 2. The van der Waals surface area contributed by atoms with Crippen LogP contribution in [0.3, 0.4) is 0 Å². The molecule has 0 aromatic carbocycles. The fourth-order valence-electron chi connectivity index (χ4n) is 1.74. The summed E-state index contributed by atoms with van der Waals surface area (Å²) in [7, 11) is 1.57. The van der Waals surface area contributed by atoms with Gasteiger partial charge >= 0.3 is 0 Å². The van der Waals surface area contributed by atoms with Gasteiger partial charge in [-0.3, -0.25) is 9.59 Å². The zero-order valence-corrected chi connectivity index (χ0v) is 11.2. The number of hydrogen-bond acceptors (Lipinski definition) is 3. The van der Waals surface area contributed by atoms with Crippen molar-refractivity contribution in [3.8, 4) is 0 Å². The Bertz CT molecular complexity index is 244. The van der Waals surface area contributed by atoms with E-state index < -0.39 is 0 Å². The number of rotatable bonds is 8. The predicted molar refractivity (Wildman–Crippen MR) is 68.4 cm³/mol. The highest BCUT2D eigenvalue weighted by molar-refractivity contribution is 5.85. The van der Waals surface area contributed by atoms with Crippen LogP contribution < -0.4 is 11.1 Å². The first-order chi connectivity index (χ1) is 8.10. The highest BCUT2D eigenvalue weighted by atomic mass is 16.2. The van der Waals surface area contributed by atoms with Crippen LogP contribution in [0.1, 0.15) is 33.1 Å². The average molecular weight is 243 g/mol. The minimum atomic E-state index is -0.156. The van der Waals surface area contributed by atoms with E-state index in [1.54, 1.807) is 11.9 Å². The van der Waals surface area contributed by atoms with E-state index in [9.17, 15) is 9.59 Å². The summed E-state index contributed by atoms with van der Waals surface area (Å²) in [6.07, 6.45) is 2.54. The Morgan fingerprint density at radius 3 is 2.35 bits per heavy atom. The molecule has 0 aromatic heterocycles. The van der Waals surface area contributed by atoms with Gasteiger partial charge in [-0.1, -0.05) is 20.3 Å². The summed E-state index contributed by atoms with van der Waals surface area (Å²) in [6.45, 7) is 5.09. The molecule has 0 aliphatic carbocycles. The lowest BCUT2D eigenvalue weighted by Gasteiger charge is -2.25. The quantitative estimate of drug-likeness (QED) is 0.646. The molecule has 5 nitrogen and oxygen atoms in total. The van der Waals surface area contributed by atoms with Gasteiger partial charge in [0.1, 0.15) is 0 Å². The maximum Gasteiger partial charge on any atom is 0.239 e. The lowest BCUT2D eigenvalue weighted by atomic mass is 10.0. The van der Waals surface area contributed by atoms with Crippen molar-refractivity contribution >= 4 is 11.8 Å². The van der Waals surface area contributed by atoms with Crippen LogP contribution in [0.2, 0.25) is 0 Å². The van der Waals surface area contributed by atoms with Crippen molar-refractivity contribution in [1.29, 1.82) is 0 Å². The van der Waals surface area contributed by atoms with Gasteiger partial charge in [0.05, 0.1) is 12.5 Å². The Morgan fingerprint density at radius 1 is 1.29 bits per heavy atom. The van der Waals surface area contributed by atoms with Crippen molar-refractivity contribution in [2.24, 2.45) is 11.7 Å². The van der Waals surface area contributed by atoms with Crippen molar-refractivity contribution < 1.29 is 9.59 Å². The maximum atomic E-state index is 12.2. The summed E-state index contributed by atoms with van der Waals surface area (Å²) in [5.41, 5.74) is 5.61. The number of nitrogens with one attached hydrogen (secondary N) is 1. The van der Waals surface area contributed by atoms with Crippen LogP contribution in [-0.4, -0.2) is 43.4 Å². The van der Waals surface area contributed by atoms with Crippen molar-refractivity contribution in [3.05, 3.63) is 0 Å². The lowest BCUT2D eigenvalue weighted by molar-refractivity contribution is -0.139. The molecule has 0 fully saturated rings. The van der Waals surface area contributed by atoms with Crippen LogP contribution in [0.4, 0.5) is 0 Å². The molecule has 0 heterocycles. The van der Waals surface area contributed by atoms with Crippen LogP contribution >= 0.6 is 0 Å². The van der Waals surface area contributed by atoms with E-state index in [4.69, 9.17) is 5.73 Å². The summed E-state index contributed by atoms with van der Waals surface area (Å²) in [5.74, 6) is -0.296. The van der Waals surface area contributed by atoms with Crippen LogP contribution in [0.5, 0.6) is 0 Å². The van der Waals surface area contributed by atoms with E-state index in [0.717, 1.165) is 19.3 Å².